The lowest BCUT2D eigenvalue weighted by atomic mass is 10.1. The van der Waals surface area contributed by atoms with Crippen molar-refractivity contribution in [3.8, 4) is 17.2 Å². The molecule has 0 unspecified atom stereocenters. The summed E-state index contributed by atoms with van der Waals surface area (Å²) in [5, 5.41) is 9.13. The van der Waals surface area contributed by atoms with Gasteiger partial charge in [-0.1, -0.05) is 25.1 Å². The largest absolute Gasteiger partial charge is 0.493 e. The molecule has 2 aromatic rings. The van der Waals surface area contributed by atoms with Crippen LogP contribution in [0.1, 0.15) is 29.3 Å². The quantitative estimate of drug-likeness (QED) is 0.825. The fraction of sp³-hybridized carbons (Fsp3) is 0.235. The molecule has 2 aromatic carbocycles. The Labute approximate surface area is 123 Å². The second-order valence-corrected chi connectivity index (χ2v) is 4.55. The minimum atomic E-state index is -0.0584. The van der Waals surface area contributed by atoms with Gasteiger partial charge in [0.2, 0.25) is 0 Å². The Morgan fingerprint density at radius 1 is 1.14 bits per heavy atom. The molecule has 110 valence electrons. The highest BCUT2D eigenvalue weighted by Gasteiger charge is 2.09. The van der Waals surface area contributed by atoms with Gasteiger partial charge in [0.1, 0.15) is 5.75 Å². The molecule has 21 heavy (non-hydrogen) atoms. The summed E-state index contributed by atoms with van der Waals surface area (Å²) in [5.41, 5.74) is 1.37. The predicted molar refractivity (Wildman–Crippen MR) is 80.1 cm³/mol. The van der Waals surface area contributed by atoms with Crippen LogP contribution >= 0.6 is 0 Å². The fourth-order valence-electron chi connectivity index (χ4n) is 1.96. The van der Waals surface area contributed by atoms with Crippen molar-refractivity contribution in [2.24, 2.45) is 0 Å². The van der Waals surface area contributed by atoms with Gasteiger partial charge in [0.25, 0.3) is 0 Å². The molecule has 0 amide bonds. The molecule has 0 saturated carbocycles. The fourth-order valence-corrected chi connectivity index (χ4v) is 1.96. The zero-order valence-corrected chi connectivity index (χ0v) is 12.1. The summed E-state index contributed by atoms with van der Waals surface area (Å²) in [5.74, 6) is 1.72. The molecular formula is C17H18O4. The number of Topliss-reactive ketones (excluding diaryl/α,β-unsaturated/α-hetero) is 1. The summed E-state index contributed by atoms with van der Waals surface area (Å²) in [4.78, 5) is 11.7. The van der Waals surface area contributed by atoms with Crippen LogP contribution in [0, 0.1) is 0 Å². The molecule has 0 radical (unpaired) electrons. The van der Waals surface area contributed by atoms with Gasteiger partial charge in [0.15, 0.2) is 17.3 Å². The van der Waals surface area contributed by atoms with E-state index >= 15 is 0 Å². The first-order valence-corrected chi connectivity index (χ1v) is 6.76. The Morgan fingerprint density at radius 3 is 2.62 bits per heavy atom. The minimum absolute atomic E-state index is 0.0584. The molecule has 0 aliphatic carbocycles. The Balaban J connectivity index is 2.27. The van der Waals surface area contributed by atoms with Gasteiger partial charge >= 0.3 is 0 Å². The summed E-state index contributed by atoms with van der Waals surface area (Å²) in [6.07, 6.45) is 0.456. The van der Waals surface area contributed by atoms with Crippen LogP contribution in [0.15, 0.2) is 42.5 Å². The van der Waals surface area contributed by atoms with E-state index in [1.807, 2.05) is 6.92 Å². The van der Waals surface area contributed by atoms with Crippen LogP contribution in [-0.2, 0) is 6.61 Å². The maximum atomic E-state index is 11.7. The number of benzene rings is 2. The van der Waals surface area contributed by atoms with Crippen molar-refractivity contribution >= 4 is 5.78 Å². The molecule has 0 saturated heterocycles. The summed E-state index contributed by atoms with van der Waals surface area (Å²) < 4.78 is 11.0. The normalized spacial score (nSPS) is 10.2. The molecule has 0 spiro atoms. The van der Waals surface area contributed by atoms with Crippen molar-refractivity contribution in [3.63, 3.8) is 0 Å². The van der Waals surface area contributed by atoms with Gasteiger partial charge in [-0.25, -0.2) is 0 Å². The van der Waals surface area contributed by atoms with Crippen LogP contribution < -0.4 is 9.47 Å². The van der Waals surface area contributed by atoms with E-state index in [0.717, 1.165) is 5.56 Å². The molecule has 2 rings (SSSR count). The topological polar surface area (TPSA) is 55.8 Å². The number of rotatable bonds is 6. The molecule has 0 bridgehead atoms. The molecule has 0 aromatic heterocycles. The monoisotopic (exact) mass is 286 g/mol. The molecule has 4 nitrogen and oxygen atoms in total. The summed E-state index contributed by atoms with van der Waals surface area (Å²) in [7, 11) is 1.54. The zero-order chi connectivity index (χ0) is 15.2. The molecule has 0 aliphatic rings. The van der Waals surface area contributed by atoms with Gasteiger partial charge in [-0.3, -0.25) is 4.79 Å². The lowest BCUT2D eigenvalue weighted by Gasteiger charge is -2.12. The number of carbonyl (C=O) groups excluding carboxylic acids is 1. The summed E-state index contributed by atoms with van der Waals surface area (Å²) in [6.45, 7) is 1.77. The summed E-state index contributed by atoms with van der Waals surface area (Å²) in [6, 6.07) is 12.3. The third-order valence-corrected chi connectivity index (χ3v) is 3.12. The highest BCUT2D eigenvalue weighted by Crippen LogP contribution is 2.32. The Bertz CT molecular complexity index is 634. The number of aliphatic hydroxyl groups is 1. The SMILES string of the molecule is CCC(=O)c1cccc(Oc2ccc(CO)cc2OC)c1. The van der Waals surface area contributed by atoms with E-state index in [-0.39, 0.29) is 12.4 Å². The van der Waals surface area contributed by atoms with E-state index in [0.29, 0.717) is 29.2 Å². The Hall–Kier alpha value is -2.33. The van der Waals surface area contributed by atoms with Crippen LogP contribution in [0.4, 0.5) is 0 Å². The number of ketones is 1. The van der Waals surface area contributed by atoms with E-state index in [2.05, 4.69) is 0 Å². The molecule has 0 aliphatic heterocycles. The Morgan fingerprint density at radius 2 is 1.95 bits per heavy atom. The van der Waals surface area contributed by atoms with Crippen molar-refractivity contribution in [1.29, 1.82) is 0 Å². The standard InChI is InChI=1S/C17H18O4/c1-3-15(19)13-5-4-6-14(10-13)21-16-8-7-12(11-18)9-17(16)20-2/h4-10,18H,3,11H2,1-2H3. The third kappa shape index (κ3) is 3.61. The highest BCUT2D eigenvalue weighted by atomic mass is 16.5. The van der Waals surface area contributed by atoms with Crippen LogP contribution in [0.3, 0.4) is 0 Å². The van der Waals surface area contributed by atoms with E-state index < -0.39 is 0 Å². The van der Waals surface area contributed by atoms with E-state index in [1.54, 1.807) is 49.6 Å². The molecule has 4 heteroatoms. The van der Waals surface area contributed by atoms with Crippen molar-refractivity contribution in [2.45, 2.75) is 20.0 Å². The molecule has 0 heterocycles. The number of aliphatic hydroxyl groups excluding tert-OH is 1. The minimum Gasteiger partial charge on any atom is -0.493 e. The number of hydrogen-bond donors (Lipinski definition) is 1. The third-order valence-electron chi connectivity index (χ3n) is 3.12. The van der Waals surface area contributed by atoms with Gasteiger partial charge in [0, 0.05) is 12.0 Å². The number of ether oxygens (including phenoxy) is 2. The first-order chi connectivity index (χ1) is 10.2. The highest BCUT2D eigenvalue weighted by molar-refractivity contribution is 5.96. The van der Waals surface area contributed by atoms with Crippen molar-refractivity contribution in [3.05, 3.63) is 53.6 Å². The lowest BCUT2D eigenvalue weighted by molar-refractivity contribution is 0.0988. The maximum Gasteiger partial charge on any atom is 0.169 e. The number of methoxy groups -OCH3 is 1. The lowest BCUT2D eigenvalue weighted by Crippen LogP contribution is -1.97. The second kappa shape index (κ2) is 6.90. The van der Waals surface area contributed by atoms with Crippen LogP contribution in [0.5, 0.6) is 17.2 Å². The average molecular weight is 286 g/mol. The molecular weight excluding hydrogens is 268 g/mol. The van der Waals surface area contributed by atoms with Crippen molar-refractivity contribution in [1.82, 2.24) is 0 Å². The molecule has 0 fully saturated rings. The predicted octanol–water partition coefficient (Wildman–Crippen LogP) is 3.57. The van der Waals surface area contributed by atoms with Gasteiger partial charge in [0.05, 0.1) is 13.7 Å². The van der Waals surface area contributed by atoms with E-state index in [1.165, 1.54) is 0 Å². The van der Waals surface area contributed by atoms with Gasteiger partial charge in [-0.05, 0) is 29.8 Å². The van der Waals surface area contributed by atoms with Gasteiger partial charge in [-0.15, -0.1) is 0 Å². The Kier molecular flexibility index (Phi) is 4.95. The first-order valence-electron chi connectivity index (χ1n) is 6.76. The average Bonchev–Trinajstić information content (AvgIpc) is 2.54. The molecule has 1 N–H and O–H groups in total. The zero-order valence-electron chi connectivity index (χ0n) is 12.1. The number of hydrogen-bond acceptors (Lipinski definition) is 4. The van der Waals surface area contributed by atoms with E-state index in [4.69, 9.17) is 14.6 Å². The maximum absolute atomic E-state index is 11.7. The summed E-state index contributed by atoms with van der Waals surface area (Å²) >= 11 is 0. The smallest absolute Gasteiger partial charge is 0.169 e. The number of carbonyl (C=O) groups is 1. The molecule has 0 atom stereocenters. The van der Waals surface area contributed by atoms with Crippen LogP contribution in [-0.4, -0.2) is 18.0 Å². The van der Waals surface area contributed by atoms with Crippen LogP contribution in [0.2, 0.25) is 0 Å². The second-order valence-electron chi connectivity index (χ2n) is 4.55. The van der Waals surface area contributed by atoms with Crippen molar-refractivity contribution in [2.75, 3.05) is 7.11 Å². The van der Waals surface area contributed by atoms with Gasteiger partial charge < -0.3 is 14.6 Å². The van der Waals surface area contributed by atoms with Crippen molar-refractivity contribution < 1.29 is 19.4 Å². The first kappa shape index (κ1) is 15.1. The van der Waals surface area contributed by atoms with Crippen LogP contribution in [0.25, 0.3) is 0 Å². The van der Waals surface area contributed by atoms with Gasteiger partial charge in [-0.2, -0.15) is 0 Å². The van der Waals surface area contributed by atoms with E-state index in [9.17, 15) is 4.79 Å².